The average molecular weight is 833 g/mol. The van der Waals surface area contributed by atoms with Gasteiger partial charge in [-0.05, 0) is 149 Å². The lowest BCUT2D eigenvalue weighted by molar-refractivity contribution is 0.337. The molecule has 0 unspecified atom stereocenters. The molecule has 0 heterocycles. The Hall–Kier alpha value is -7.18. The number of hydrogen-bond acceptors (Lipinski definition) is 4. The first-order valence-corrected chi connectivity index (χ1v) is 21.6. The van der Waals surface area contributed by atoms with E-state index in [1.807, 2.05) is 13.8 Å². The molecule has 0 saturated carbocycles. The fourth-order valence-electron chi connectivity index (χ4n) is 9.09. The van der Waals surface area contributed by atoms with Gasteiger partial charge in [0.25, 0.3) is 0 Å². The Kier molecular flexibility index (Phi) is 11.1. The number of rotatable bonds is 12. The zero-order valence-electron chi connectivity index (χ0n) is 36.5. The maximum Gasteiger partial charge on any atom is 0.131 e. The monoisotopic (exact) mass is 832 g/mol. The topological polar surface area (TPSA) is 24.9 Å². The minimum Gasteiger partial charge on any atom is -0.494 e. The van der Waals surface area contributed by atoms with Crippen molar-refractivity contribution in [1.29, 1.82) is 0 Å². The number of nitrogens with zero attached hydrogens (tertiary/aromatic N) is 2. The second-order valence-electron chi connectivity index (χ2n) is 16.4. The van der Waals surface area contributed by atoms with Gasteiger partial charge in [0, 0.05) is 57.4 Å². The predicted octanol–water partition coefficient (Wildman–Crippen LogP) is 15.3. The van der Waals surface area contributed by atoms with E-state index in [0.29, 0.717) is 35.8 Å². The summed E-state index contributed by atoms with van der Waals surface area (Å²) >= 11 is 0. The van der Waals surface area contributed by atoms with Gasteiger partial charge >= 0.3 is 0 Å². The maximum absolute atomic E-state index is 17.6. The minimum absolute atomic E-state index is 0.303. The van der Waals surface area contributed by atoms with E-state index in [9.17, 15) is 0 Å². The molecule has 0 fully saturated rings. The normalized spacial score (nSPS) is 12.4. The lowest BCUT2D eigenvalue weighted by Gasteiger charge is -2.36. The van der Waals surface area contributed by atoms with E-state index in [1.165, 1.54) is 12.1 Å². The summed E-state index contributed by atoms with van der Waals surface area (Å²) in [5, 5.41) is 0. The largest absolute Gasteiger partial charge is 0.494 e. The molecule has 0 radical (unpaired) electrons. The molecule has 0 atom stereocenters. The van der Waals surface area contributed by atoms with E-state index in [-0.39, 0.29) is 0 Å². The Morgan fingerprint density at radius 1 is 0.365 bits per heavy atom. The van der Waals surface area contributed by atoms with Gasteiger partial charge in [0.2, 0.25) is 0 Å². The van der Waals surface area contributed by atoms with E-state index in [1.54, 1.807) is 24.3 Å². The molecule has 0 bridgehead atoms. The van der Waals surface area contributed by atoms with E-state index in [0.717, 1.165) is 78.6 Å². The average Bonchev–Trinajstić information content (AvgIpc) is 3.56. The smallest absolute Gasteiger partial charge is 0.131 e. The molecule has 1 aliphatic rings. The Balaban J connectivity index is 1.38. The van der Waals surface area contributed by atoms with Gasteiger partial charge in [-0.15, -0.1) is 0 Å². The molecule has 0 aromatic heterocycles. The van der Waals surface area contributed by atoms with Crippen molar-refractivity contribution >= 4 is 34.1 Å². The molecule has 0 amide bonds. The first-order chi connectivity index (χ1) is 30.6. The number of benzene rings is 8. The number of halogens is 2. The molecule has 0 aliphatic heterocycles. The summed E-state index contributed by atoms with van der Waals surface area (Å²) in [6, 6.07) is 56.3. The number of anilines is 6. The molecule has 314 valence electrons. The molecule has 0 spiro atoms. The number of ether oxygens (including phenoxy) is 2. The Morgan fingerprint density at radius 2 is 0.667 bits per heavy atom. The van der Waals surface area contributed by atoms with Gasteiger partial charge in [0.05, 0.1) is 18.6 Å². The minimum atomic E-state index is -1.49. The first-order valence-electron chi connectivity index (χ1n) is 21.6. The van der Waals surface area contributed by atoms with Gasteiger partial charge in [0.1, 0.15) is 23.1 Å². The second kappa shape index (κ2) is 16.9. The molecule has 8 aromatic carbocycles. The molecule has 0 saturated heterocycles. The lowest BCUT2D eigenvalue weighted by atomic mass is 9.67. The van der Waals surface area contributed by atoms with Gasteiger partial charge in [-0.1, -0.05) is 95.1 Å². The van der Waals surface area contributed by atoms with Gasteiger partial charge in [-0.3, -0.25) is 0 Å². The fraction of sp³-hybridized carbons (Fsp3) is 0.158. The second-order valence-corrected chi connectivity index (χ2v) is 16.4. The van der Waals surface area contributed by atoms with Crippen LogP contribution in [0.25, 0.3) is 11.1 Å². The Labute approximate surface area is 369 Å². The zero-order valence-corrected chi connectivity index (χ0v) is 36.5. The molecule has 63 heavy (non-hydrogen) atoms. The molecular formula is C57H50F2N2O2. The summed E-state index contributed by atoms with van der Waals surface area (Å²) in [4.78, 5) is 4.41. The highest BCUT2D eigenvalue weighted by Gasteiger charge is 2.50. The third-order valence-electron chi connectivity index (χ3n) is 12.1. The lowest BCUT2D eigenvalue weighted by Crippen LogP contribution is -2.31. The van der Waals surface area contributed by atoms with Crippen molar-refractivity contribution in [3.63, 3.8) is 0 Å². The van der Waals surface area contributed by atoms with Crippen LogP contribution < -0.4 is 19.3 Å². The zero-order chi connectivity index (χ0) is 43.8. The third kappa shape index (κ3) is 7.50. The van der Waals surface area contributed by atoms with Crippen molar-refractivity contribution in [2.45, 2.75) is 47.0 Å². The standard InChI is InChI=1S/C57H50F2N2O2/c1-7-62-47-27-31-51(55(58)35-47)57(52-32-28-48(63-8-2)36-56(52)59)53-33-45(60(41-17-9-37(3)10-18-41)42-19-11-38(4)12-20-42)25-29-49(53)50-30-26-46(34-54(50)57)61(43-21-13-39(5)14-22-43)44-23-15-40(6)16-24-44/h9-36H,7-8H2,1-6H3. The molecule has 4 nitrogen and oxygen atoms in total. The maximum atomic E-state index is 17.6. The number of hydrogen-bond donors (Lipinski definition) is 0. The van der Waals surface area contributed by atoms with Crippen LogP contribution in [0, 0.1) is 39.3 Å². The van der Waals surface area contributed by atoms with Gasteiger partial charge < -0.3 is 19.3 Å². The van der Waals surface area contributed by atoms with Crippen molar-refractivity contribution in [1.82, 2.24) is 0 Å². The predicted molar refractivity (Wildman–Crippen MR) is 254 cm³/mol. The van der Waals surface area contributed by atoms with Crippen LogP contribution in [0.4, 0.5) is 42.9 Å². The van der Waals surface area contributed by atoms with Crippen LogP contribution >= 0.6 is 0 Å². The highest BCUT2D eigenvalue weighted by Crippen LogP contribution is 2.59. The van der Waals surface area contributed by atoms with Crippen molar-refractivity contribution in [2.24, 2.45) is 0 Å². The molecule has 9 rings (SSSR count). The quantitative estimate of drug-likeness (QED) is 0.122. The summed E-state index contributed by atoms with van der Waals surface area (Å²) < 4.78 is 46.8. The van der Waals surface area contributed by atoms with Crippen LogP contribution in [0.1, 0.15) is 58.4 Å². The van der Waals surface area contributed by atoms with Crippen molar-refractivity contribution < 1.29 is 18.3 Å². The Bertz CT molecular complexity index is 2630. The van der Waals surface area contributed by atoms with Gasteiger partial charge in [-0.25, -0.2) is 8.78 Å². The first kappa shape index (κ1) is 41.2. The molecule has 8 aromatic rings. The van der Waals surface area contributed by atoms with E-state index < -0.39 is 17.0 Å². The van der Waals surface area contributed by atoms with E-state index in [4.69, 9.17) is 9.47 Å². The van der Waals surface area contributed by atoms with Crippen LogP contribution in [-0.2, 0) is 5.41 Å². The molecular weight excluding hydrogens is 783 g/mol. The molecule has 0 N–H and O–H groups in total. The highest BCUT2D eigenvalue weighted by atomic mass is 19.1. The van der Waals surface area contributed by atoms with Crippen molar-refractivity contribution in [3.8, 4) is 22.6 Å². The van der Waals surface area contributed by atoms with Gasteiger partial charge in [-0.2, -0.15) is 0 Å². The van der Waals surface area contributed by atoms with E-state index in [2.05, 4.69) is 171 Å². The van der Waals surface area contributed by atoms with Crippen LogP contribution in [0.5, 0.6) is 11.5 Å². The van der Waals surface area contributed by atoms with Crippen LogP contribution in [-0.4, -0.2) is 13.2 Å². The Morgan fingerprint density at radius 3 is 0.952 bits per heavy atom. The molecule has 6 heteroatoms. The van der Waals surface area contributed by atoms with Gasteiger partial charge in [0.15, 0.2) is 0 Å². The summed E-state index contributed by atoms with van der Waals surface area (Å²) in [6.45, 7) is 12.8. The van der Waals surface area contributed by atoms with Crippen molar-refractivity contribution in [3.05, 3.63) is 226 Å². The SMILES string of the molecule is CCOc1ccc(C2(c3ccc(OCC)cc3F)c3cc(N(c4ccc(C)cc4)c4ccc(C)cc4)ccc3-c3ccc(N(c4ccc(C)cc4)c4ccc(C)cc4)cc32)c(F)c1. The number of fused-ring (bicyclic) bond motifs is 3. The number of aryl methyl sites for hydroxylation is 4. The summed E-state index contributed by atoms with van der Waals surface area (Å²) in [5.74, 6) is -0.216. The molecule has 1 aliphatic carbocycles. The van der Waals surface area contributed by atoms with Crippen molar-refractivity contribution in [2.75, 3.05) is 23.0 Å². The van der Waals surface area contributed by atoms with E-state index >= 15 is 8.78 Å². The highest BCUT2D eigenvalue weighted by molar-refractivity contribution is 5.92. The summed E-state index contributed by atoms with van der Waals surface area (Å²) in [7, 11) is 0. The summed E-state index contributed by atoms with van der Waals surface area (Å²) in [6.07, 6.45) is 0. The van der Waals surface area contributed by atoms with Crippen LogP contribution in [0.3, 0.4) is 0 Å². The van der Waals surface area contributed by atoms with Crippen LogP contribution in [0.2, 0.25) is 0 Å². The third-order valence-corrected chi connectivity index (χ3v) is 12.1. The van der Waals surface area contributed by atoms with Crippen LogP contribution in [0.15, 0.2) is 170 Å². The summed E-state index contributed by atoms with van der Waals surface area (Å²) in [5.41, 5.74) is 12.5. The fourth-order valence-corrected chi connectivity index (χ4v) is 9.09.